The first-order valence-electron chi connectivity index (χ1n) is 7.51. The highest BCUT2D eigenvalue weighted by molar-refractivity contribution is 5.79. The molecular weight excluding hydrogens is 296 g/mol. The van der Waals surface area contributed by atoms with Crippen molar-refractivity contribution >= 4 is 5.91 Å². The number of likely N-dealkylation sites (N-methyl/N-ethyl adjacent to an activating group) is 1. The fraction of sp³-hybridized carbons (Fsp3) is 0.588. The smallest absolute Gasteiger partial charge is 0.226 e. The number of carbonyl (C=O) groups is 1. The van der Waals surface area contributed by atoms with Crippen molar-refractivity contribution in [2.45, 2.75) is 20.3 Å². The van der Waals surface area contributed by atoms with E-state index in [1.807, 2.05) is 13.8 Å². The molecule has 0 fully saturated rings. The van der Waals surface area contributed by atoms with E-state index in [-0.39, 0.29) is 17.7 Å². The largest absolute Gasteiger partial charge is 0.493 e. The minimum atomic E-state index is -0.111. The van der Waals surface area contributed by atoms with Crippen LogP contribution in [0.3, 0.4) is 0 Å². The van der Waals surface area contributed by atoms with Crippen molar-refractivity contribution in [3.63, 3.8) is 0 Å². The second-order valence-corrected chi connectivity index (χ2v) is 6.33. The van der Waals surface area contributed by atoms with Gasteiger partial charge in [-0.3, -0.25) is 4.79 Å². The summed E-state index contributed by atoms with van der Waals surface area (Å²) >= 11 is 0. The fourth-order valence-corrected chi connectivity index (χ4v) is 2.34. The van der Waals surface area contributed by atoms with Gasteiger partial charge in [-0.25, -0.2) is 0 Å². The van der Waals surface area contributed by atoms with Crippen LogP contribution in [0.4, 0.5) is 0 Å². The lowest BCUT2D eigenvalue weighted by molar-refractivity contribution is -0.130. The molecule has 0 saturated carbocycles. The molecule has 1 rings (SSSR count). The number of amides is 1. The first-order chi connectivity index (χ1) is 10.8. The molecule has 130 valence electrons. The van der Waals surface area contributed by atoms with E-state index in [2.05, 4.69) is 0 Å². The Morgan fingerprint density at radius 1 is 1.13 bits per heavy atom. The number of ether oxygens (including phenoxy) is 3. The number of hydrogen-bond acceptors (Lipinski definition) is 5. The summed E-state index contributed by atoms with van der Waals surface area (Å²) in [5.74, 6) is 1.61. The van der Waals surface area contributed by atoms with Gasteiger partial charge < -0.3 is 24.8 Å². The zero-order valence-electron chi connectivity index (χ0n) is 14.9. The van der Waals surface area contributed by atoms with Gasteiger partial charge in [-0.1, -0.05) is 13.8 Å². The molecule has 0 spiro atoms. The van der Waals surface area contributed by atoms with Crippen LogP contribution in [0.2, 0.25) is 0 Å². The van der Waals surface area contributed by atoms with Crippen LogP contribution in [-0.2, 0) is 11.2 Å². The third-order valence-electron chi connectivity index (χ3n) is 3.72. The number of rotatable bonds is 8. The van der Waals surface area contributed by atoms with E-state index in [0.717, 1.165) is 5.56 Å². The van der Waals surface area contributed by atoms with Crippen LogP contribution in [-0.4, -0.2) is 52.3 Å². The lowest BCUT2D eigenvalue weighted by Crippen LogP contribution is -2.40. The highest BCUT2D eigenvalue weighted by atomic mass is 16.5. The molecule has 0 aliphatic carbocycles. The van der Waals surface area contributed by atoms with Crippen molar-refractivity contribution in [2.75, 3.05) is 41.5 Å². The van der Waals surface area contributed by atoms with E-state index in [4.69, 9.17) is 19.9 Å². The number of hydrogen-bond donors (Lipinski definition) is 1. The molecule has 1 aromatic carbocycles. The van der Waals surface area contributed by atoms with E-state index in [1.165, 1.54) is 0 Å². The first-order valence-corrected chi connectivity index (χ1v) is 7.51. The van der Waals surface area contributed by atoms with Crippen molar-refractivity contribution in [2.24, 2.45) is 11.1 Å². The Labute approximate surface area is 138 Å². The minimum Gasteiger partial charge on any atom is -0.493 e. The van der Waals surface area contributed by atoms with Crippen LogP contribution in [0.25, 0.3) is 0 Å². The van der Waals surface area contributed by atoms with E-state index < -0.39 is 0 Å². The molecule has 0 aromatic heterocycles. The molecule has 0 radical (unpaired) electrons. The summed E-state index contributed by atoms with van der Waals surface area (Å²) in [6.07, 6.45) is 0.258. The summed E-state index contributed by atoms with van der Waals surface area (Å²) in [7, 11) is 6.45. The number of carbonyl (C=O) groups excluding carboxylic acids is 1. The standard InChI is InChI=1S/C17H28N2O4/c1-17(2,10-18)11-19(3)15(20)9-12-7-13(21-4)16(23-6)14(8-12)22-5/h7-8H,9-11,18H2,1-6H3. The molecule has 0 saturated heterocycles. The Morgan fingerprint density at radius 2 is 1.65 bits per heavy atom. The summed E-state index contributed by atoms with van der Waals surface area (Å²) in [4.78, 5) is 14.1. The van der Waals surface area contributed by atoms with Gasteiger partial charge in [-0.2, -0.15) is 0 Å². The lowest BCUT2D eigenvalue weighted by Gasteiger charge is -2.29. The Morgan fingerprint density at radius 3 is 2.04 bits per heavy atom. The number of nitrogens with two attached hydrogens (primary N) is 1. The van der Waals surface area contributed by atoms with Gasteiger partial charge in [0.15, 0.2) is 11.5 Å². The lowest BCUT2D eigenvalue weighted by atomic mass is 9.93. The van der Waals surface area contributed by atoms with Gasteiger partial charge in [0, 0.05) is 13.6 Å². The van der Waals surface area contributed by atoms with Crippen LogP contribution in [0.5, 0.6) is 17.2 Å². The van der Waals surface area contributed by atoms with Gasteiger partial charge in [0.2, 0.25) is 11.7 Å². The van der Waals surface area contributed by atoms with Crippen molar-refractivity contribution in [3.8, 4) is 17.2 Å². The molecule has 0 atom stereocenters. The highest BCUT2D eigenvalue weighted by Gasteiger charge is 2.22. The van der Waals surface area contributed by atoms with Crippen LogP contribution >= 0.6 is 0 Å². The molecule has 6 heteroatoms. The predicted molar refractivity (Wildman–Crippen MR) is 90.3 cm³/mol. The van der Waals surface area contributed by atoms with Crippen molar-refractivity contribution in [1.29, 1.82) is 0 Å². The summed E-state index contributed by atoms with van der Waals surface area (Å²) in [5.41, 5.74) is 6.43. The molecule has 0 bridgehead atoms. The SMILES string of the molecule is COc1cc(CC(=O)N(C)CC(C)(C)CN)cc(OC)c1OC. The van der Waals surface area contributed by atoms with Gasteiger partial charge in [0.25, 0.3) is 0 Å². The quantitative estimate of drug-likeness (QED) is 0.788. The highest BCUT2D eigenvalue weighted by Crippen LogP contribution is 2.38. The van der Waals surface area contributed by atoms with E-state index >= 15 is 0 Å². The van der Waals surface area contributed by atoms with Crippen LogP contribution < -0.4 is 19.9 Å². The summed E-state index contributed by atoms with van der Waals surface area (Å²) < 4.78 is 15.9. The fourth-order valence-electron chi connectivity index (χ4n) is 2.34. The number of benzene rings is 1. The van der Waals surface area contributed by atoms with Gasteiger partial charge in [-0.15, -0.1) is 0 Å². The van der Waals surface area contributed by atoms with Crippen molar-refractivity contribution < 1.29 is 19.0 Å². The van der Waals surface area contributed by atoms with Crippen molar-refractivity contribution in [1.82, 2.24) is 4.90 Å². The third kappa shape index (κ3) is 5.03. The summed E-state index contributed by atoms with van der Waals surface area (Å²) in [6.45, 7) is 5.20. The van der Waals surface area contributed by atoms with Gasteiger partial charge in [0.05, 0.1) is 27.8 Å². The Hall–Kier alpha value is -1.95. The topological polar surface area (TPSA) is 74.0 Å². The Kier molecular flexibility index (Phi) is 6.69. The van der Waals surface area contributed by atoms with Gasteiger partial charge in [-0.05, 0) is 29.7 Å². The number of methoxy groups -OCH3 is 3. The normalized spacial score (nSPS) is 11.1. The molecule has 0 aliphatic heterocycles. The van der Waals surface area contributed by atoms with Crippen LogP contribution in [0.15, 0.2) is 12.1 Å². The maximum Gasteiger partial charge on any atom is 0.226 e. The molecule has 6 nitrogen and oxygen atoms in total. The zero-order valence-corrected chi connectivity index (χ0v) is 14.9. The molecule has 2 N–H and O–H groups in total. The molecule has 0 aliphatic rings. The molecule has 0 unspecified atom stereocenters. The average molecular weight is 324 g/mol. The summed E-state index contributed by atoms with van der Waals surface area (Å²) in [5, 5.41) is 0. The maximum atomic E-state index is 12.4. The van der Waals surface area contributed by atoms with E-state index in [1.54, 1.807) is 45.4 Å². The van der Waals surface area contributed by atoms with E-state index in [9.17, 15) is 4.79 Å². The van der Waals surface area contributed by atoms with Crippen LogP contribution in [0.1, 0.15) is 19.4 Å². The third-order valence-corrected chi connectivity index (χ3v) is 3.72. The Bertz CT molecular complexity index is 518. The molecule has 1 aromatic rings. The monoisotopic (exact) mass is 324 g/mol. The maximum absolute atomic E-state index is 12.4. The van der Waals surface area contributed by atoms with Crippen molar-refractivity contribution in [3.05, 3.63) is 17.7 Å². The molecule has 23 heavy (non-hydrogen) atoms. The minimum absolute atomic E-state index is 0.0146. The second kappa shape index (κ2) is 8.06. The molecule has 0 heterocycles. The summed E-state index contributed by atoms with van der Waals surface area (Å²) in [6, 6.07) is 3.59. The average Bonchev–Trinajstić information content (AvgIpc) is 2.53. The van der Waals surface area contributed by atoms with E-state index in [0.29, 0.717) is 30.3 Å². The molecule has 1 amide bonds. The zero-order chi connectivity index (χ0) is 17.6. The Balaban J connectivity index is 2.94. The van der Waals surface area contributed by atoms with Gasteiger partial charge >= 0.3 is 0 Å². The van der Waals surface area contributed by atoms with Gasteiger partial charge in [0.1, 0.15) is 0 Å². The predicted octanol–water partition coefficient (Wildman–Crippen LogP) is 1.70. The second-order valence-electron chi connectivity index (χ2n) is 6.33. The number of nitrogens with zero attached hydrogens (tertiary/aromatic N) is 1. The molecular formula is C17H28N2O4. The van der Waals surface area contributed by atoms with Crippen LogP contribution in [0, 0.1) is 5.41 Å². The first kappa shape index (κ1) is 19.1.